The van der Waals surface area contributed by atoms with E-state index in [0.29, 0.717) is 0 Å². The van der Waals surface area contributed by atoms with Crippen molar-refractivity contribution in [1.29, 1.82) is 0 Å². The summed E-state index contributed by atoms with van der Waals surface area (Å²) in [6.45, 7) is 0. The van der Waals surface area contributed by atoms with Crippen molar-refractivity contribution < 1.29 is 4.42 Å². The van der Waals surface area contributed by atoms with Gasteiger partial charge in [-0.15, -0.1) is 0 Å². The molecule has 0 aliphatic carbocycles. The van der Waals surface area contributed by atoms with Gasteiger partial charge < -0.3 is 14.3 Å². The van der Waals surface area contributed by atoms with Crippen LogP contribution >= 0.6 is 0 Å². The smallest absolute Gasteiger partial charge is 0.143 e. The van der Waals surface area contributed by atoms with Gasteiger partial charge in [-0.25, -0.2) is 0 Å². The number of rotatable bonds is 5. The maximum Gasteiger partial charge on any atom is 0.143 e. The highest BCUT2D eigenvalue weighted by Gasteiger charge is 2.24. The second-order valence-corrected chi connectivity index (χ2v) is 11.9. The lowest BCUT2D eigenvalue weighted by Crippen LogP contribution is -2.39. The van der Waals surface area contributed by atoms with E-state index in [9.17, 15) is 0 Å². The normalized spacial score (nSPS) is 16.5. The predicted molar refractivity (Wildman–Crippen MR) is 189 cm³/mol. The van der Waals surface area contributed by atoms with E-state index in [4.69, 9.17) is 4.42 Å². The summed E-state index contributed by atoms with van der Waals surface area (Å²) in [5.41, 5.74) is 11.5. The van der Waals surface area contributed by atoms with Gasteiger partial charge in [-0.1, -0.05) is 115 Å². The molecule has 0 radical (unpaired) electrons. The number of nitrogens with one attached hydrogen (secondary N) is 2. The molecule has 0 amide bonds. The maximum atomic E-state index is 5.97. The number of hydrogen-bond donors (Lipinski definition) is 2. The Kier molecular flexibility index (Phi) is 6.32. The van der Waals surface area contributed by atoms with Crippen LogP contribution in [-0.2, 0) is 0 Å². The summed E-state index contributed by atoms with van der Waals surface area (Å²) >= 11 is 0. The second-order valence-electron chi connectivity index (χ2n) is 11.9. The molecule has 0 saturated carbocycles. The van der Waals surface area contributed by atoms with Crippen molar-refractivity contribution in [2.75, 3.05) is 0 Å². The molecule has 3 heterocycles. The van der Waals surface area contributed by atoms with E-state index in [1.807, 2.05) is 6.07 Å². The Balaban J connectivity index is 1.10. The van der Waals surface area contributed by atoms with E-state index in [0.717, 1.165) is 33.3 Å². The first-order chi connectivity index (χ1) is 22.8. The van der Waals surface area contributed by atoms with Gasteiger partial charge >= 0.3 is 0 Å². The third kappa shape index (κ3) is 4.50. The highest BCUT2D eigenvalue weighted by atomic mass is 16.3. The first-order valence-electron chi connectivity index (χ1n) is 15.8. The van der Waals surface area contributed by atoms with Crippen molar-refractivity contribution in [3.63, 3.8) is 0 Å². The molecule has 0 fully saturated rings. The highest BCUT2D eigenvalue weighted by molar-refractivity contribution is 6.19. The van der Waals surface area contributed by atoms with Crippen LogP contribution in [0.25, 0.3) is 55.3 Å². The number of para-hydroxylation sites is 1. The number of hydrogen-bond acceptors (Lipinski definition) is 3. The van der Waals surface area contributed by atoms with Crippen LogP contribution in [0, 0.1) is 0 Å². The fourth-order valence-corrected chi connectivity index (χ4v) is 6.90. The largest absolute Gasteiger partial charge is 0.464 e. The fourth-order valence-electron chi connectivity index (χ4n) is 6.90. The van der Waals surface area contributed by atoms with Crippen LogP contribution in [0.1, 0.15) is 28.9 Å². The molecular formula is C42H31N3O. The van der Waals surface area contributed by atoms with Gasteiger partial charge in [-0.2, -0.15) is 0 Å². The van der Waals surface area contributed by atoms with E-state index >= 15 is 0 Å². The highest BCUT2D eigenvalue weighted by Crippen LogP contribution is 2.38. The van der Waals surface area contributed by atoms with E-state index in [1.54, 1.807) is 6.26 Å². The molecule has 46 heavy (non-hydrogen) atoms. The SMILES string of the molecule is C1=C(c2ccc(-c3ccccc3)cc2)NC(c2ccccc2)NC1c1ccc(-n2c3ccccc3c3c4occc4ccc32)cc1. The Morgan fingerprint density at radius 3 is 2.04 bits per heavy atom. The molecule has 2 aromatic heterocycles. The molecule has 2 N–H and O–H groups in total. The molecule has 1 aliphatic heterocycles. The Morgan fingerprint density at radius 2 is 1.24 bits per heavy atom. The predicted octanol–water partition coefficient (Wildman–Crippen LogP) is 10.2. The summed E-state index contributed by atoms with van der Waals surface area (Å²) in [5.74, 6) is 0. The van der Waals surface area contributed by atoms with E-state index in [-0.39, 0.29) is 12.2 Å². The van der Waals surface area contributed by atoms with Crippen LogP contribution in [0.3, 0.4) is 0 Å². The van der Waals surface area contributed by atoms with Gasteiger partial charge in [0.15, 0.2) is 0 Å². The topological polar surface area (TPSA) is 42.1 Å². The van der Waals surface area contributed by atoms with Gasteiger partial charge in [0, 0.05) is 22.2 Å². The molecule has 6 aromatic carbocycles. The molecule has 4 heteroatoms. The van der Waals surface area contributed by atoms with Crippen molar-refractivity contribution in [3.05, 3.63) is 181 Å². The Bertz CT molecular complexity index is 2350. The van der Waals surface area contributed by atoms with Crippen LogP contribution in [0.15, 0.2) is 168 Å². The zero-order chi connectivity index (χ0) is 30.5. The molecule has 9 rings (SSSR count). The van der Waals surface area contributed by atoms with Gasteiger partial charge in [0.1, 0.15) is 11.7 Å². The Morgan fingerprint density at radius 1 is 0.543 bits per heavy atom. The molecular weight excluding hydrogens is 562 g/mol. The average Bonchev–Trinajstić information content (AvgIpc) is 3.75. The number of nitrogens with zero attached hydrogens (tertiary/aromatic N) is 1. The first kappa shape index (κ1) is 26.6. The van der Waals surface area contributed by atoms with Crippen molar-refractivity contribution in [2.45, 2.75) is 12.2 Å². The zero-order valence-electron chi connectivity index (χ0n) is 25.1. The van der Waals surface area contributed by atoms with E-state index in [2.05, 4.69) is 167 Å². The molecule has 0 spiro atoms. The van der Waals surface area contributed by atoms with Crippen molar-refractivity contribution in [3.8, 4) is 16.8 Å². The van der Waals surface area contributed by atoms with E-state index in [1.165, 1.54) is 38.7 Å². The molecule has 2 unspecified atom stereocenters. The minimum atomic E-state index is -0.0345. The van der Waals surface area contributed by atoms with Gasteiger partial charge in [0.05, 0.1) is 28.7 Å². The molecule has 0 saturated heterocycles. The summed E-state index contributed by atoms with van der Waals surface area (Å²) in [6.07, 6.45) is 4.05. The summed E-state index contributed by atoms with van der Waals surface area (Å²) in [7, 11) is 0. The molecule has 1 aliphatic rings. The zero-order valence-corrected chi connectivity index (χ0v) is 25.1. The summed E-state index contributed by atoms with van der Waals surface area (Å²) < 4.78 is 8.32. The third-order valence-electron chi connectivity index (χ3n) is 9.18. The average molecular weight is 594 g/mol. The molecule has 0 bridgehead atoms. The van der Waals surface area contributed by atoms with Gasteiger partial charge in [0.25, 0.3) is 0 Å². The molecule has 8 aromatic rings. The van der Waals surface area contributed by atoms with Gasteiger partial charge in [-0.3, -0.25) is 5.32 Å². The quantitative estimate of drug-likeness (QED) is 0.209. The number of benzene rings is 6. The summed E-state index contributed by atoms with van der Waals surface area (Å²) in [5, 5.41) is 11.1. The minimum Gasteiger partial charge on any atom is -0.464 e. The Labute approximate surface area is 267 Å². The number of aromatic nitrogens is 1. The lowest BCUT2D eigenvalue weighted by molar-refractivity contribution is 0.442. The van der Waals surface area contributed by atoms with Crippen LogP contribution in [0.5, 0.6) is 0 Å². The summed E-state index contributed by atoms with van der Waals surface area (Å²) in [6, 6.07) is 53.9. The second kappa shape index (κ2) is 11.0. The minimum absolute atomic E-state index is 0.0187. The molecule has 220 valence electrons. The number of furan rings is 1. The van der Waals surface area contributed by atoms with Gasteiger partial charge in [-0.05, 0) is 70.3 Å². The van der Waals surface area contributed by atoms with Crippen LogP contribution in [0.4, 0.5) is 0 Å². The fraction of sp³-hybridized carbons (Fsp3) is 0.0476. The third-order valence-corrected chi connectivity index (χ3v) is 9.18. The van der Waals surface area contributed by atoms with Crippen molar-refractivity contribution >= 4 is 38.5 Å². The van der Waals surface area contributed by atoms with Crippen molar-refractivity contribution in [1.82, 2.24) is 15.2 Å². The first-order valence-corrected chi connectivity index (χ1v) is 15.8. The van der Waals surface area contributed by atoms with Crippen LogP contribution in [-0.4, -0.2) is 4.57 Å². The number of fused-ring (bicyclic) bond motifs is 5. The molecule has 2 atom stereocenters. The van der Waals surface area contributed by atoms with Gasteiger partial charge in [0.2, 0.25) is 0 Å². The monoisotopic (exact) mass is 593 g/mol. The van der Waals surface area contributed by atoms with E-state index < -0.39 is 0 Å². The standard InChI is InChI=1S/C42H31N3O/c1-3-9-28(10-4-1)29-15-17-30(18-16-29)36-27-37(44-42(43-36)33-11-5-2-6-12-33)31-19-22-34(23-20-31)45-38-14-8-7-13-35(38)40-39(45)24-21-32-25-26-46-41(32)40/h1-27,37,42-44H. The molecule has 4 nitrogen and oxygen atoms in total. The lowest BCUT2D eigenvalue weighted by atomic mass is 9.97. The van der Waals surface area contributed by atoms with Crippen LogP contribution in [0.2, 0.25) is 0 Å². The maximum absolute atomic E-state index is 5.97. The summed E-state index contributed by atoms with van der Waals surface area (Å²) in [4.78, 5) is 0. The van der Waals surface area contributed by atoms with Crippen LogP contribution < -0.4 is 10.6 Å². The van der Waals surface area contributed by atoms with Crippen molar-refractivity contribution in [2.24, 2.45) is 0 Å². The lowest BCUT2D eigenvalue weighted by Gasteiger charge is -2.33. The Hall–Kier alpha value is -5.84.